The van der Waals surface area contributed by atoms with E-state index in [4.69, 9.17) is 9.72 Å². The van der Waals surface area contributed by atoms with Crippen molar-refractivity contribution in [2.24, 2.45) is 11.3 Å². The summed E-state index contributed by atoms with van der Waals surface area (Å²) in [5.41, 5.74) is 1.07. The van der Waals surface area contributed by atoms with Gasteiger partial charge in [-0.3, -0.25) is 4.79 Å². The second-order valence-corrected chi connectivity index (χ2v) is 7.75. The fourth-order valence-corrected chi connectivity index (χ4v) is 4.28. The first-order chi connectivity index (χ1) is 9.48. The quantitative estimate of drug-likeness (QED) is 0.859. The third-order valence-corrected chi connectivity index (χ3v) is 5.38. The first-order valence-electron chi connectivity index (χ1n) is 7.25. The average Bonchev–Trinajstić information content (AvgIpc) is 2.94. The Hall–Kier alpha value is -0.940. The van der Waals surface area contributed by atoms with Crippen LogP contribution >= 0.6 is 11.3 Å². The molecule has 2 aliphatic rings. The van der Waals surface area contributed by atoms with Gasteiger partial charge in [-0.1, -0.05) is 25.2 Å². The van der Waals surface area contributed by atoms with Crippen molar-refractivity contribution in [1.29, 1.82) is 0 Å². The van der Waals surface area contributed by atoms with Gasteiger partial charge in [0.2, 0.25) is 0 Å². The number of anilines is 1. The van der Waals surface area contributed by atoms with Gasteiger partial charge in [-0.2, -0.15) is 0 Å². The van der Waals surface area contributed by atoms with Crippen LogP contribution in [0.2, 0.25) is 0 Å². The van der Waals surface area contributed by atoms with Crippen molar-refractivity contribution >= 4 is 22.3 Å². The summed E-state index contributed by atoms with van der Waals surface area (Å²) in [4.78, 5) is 20.2. The Kier molecular flexibility index (Phi) is 3.58. The monoisotopic (exact) mass is 294 g/mol. The van der Waals surface area contributed by atoms with Crippen LogP contribution in [0.15, 0.2) is 0 Å². The minimum Gasteiger partial charge on any atom is -0.384 e. The predicted octanol–water partition coefficient (Wildman–Crippen LogP) is 2.77. The zero-order valence-electron chi connectivity index (χ0n) is 12.4. The van der Waals surface area contributed by atoms with Gasteiger partial charge >= 0.3 is 0 Å². The topological polar surface area (TPSA) is 42.4 Å². The number of rotatable bonds is 3. The van der Waals surface area contributed by atoms with Crippen molar-refractivity contribution in [3.05, 3.63) is 10.6 Å². The minimum absolute atomic E-state index is 0.0546. The van der Waals surface area contributed by atoms with E-state index in [1.165, 1.54) is 0 Å². The molecule has 0 saturated carbocycles. The average molecular weight is 294 g/mol. The van der Waals surface area contributed by atoms with Crippen LogP contribution in [0.5, 0.6) is 0 Å². The summed E-state index contributed by atoms with van der Waals surface area (Å²) >= 11 is 1.59. The summed E-state index contributed by atoms with van der Waals surface area (Å²) in [5, 5.41) is 1.03. The number of nitrogens with zero attached hydrogens (tertiary/aromatic N) is 2. The SMILES string of the molecule is COCC1CCN(c2nc3c(s2)C(=O)CC(C)(C)C3)C1. The van der Waals surface area contributed by atoms with E-state index in [1.54, 1.807) is 18.4 Å². The molecule has 110 valence electrons. The number of aromatic nitrogens is 1. The number of ether oxygens (including phenoxy) is 1. The first-order valence-corrected chi connectivity index (χ1v) is 8.07. The molecule has 0 radical (unpaired) electrons. The minimum atomic E-state index is 0.0546. The first kappa shape index (κ1) is 14.0. The third kappa shape index (κ3) is 2.61. The maximum atomic E-state index is 12.2. The number of carbonyl (C=O) groups excluding carboxylic acids is 1. The van der Waals surface area contributed by atoms with Crippen LogP contribution < -0.4 is 4.90 Å². The van der Waals surface area contributed by atoms with Crippen LogP contribution in [0.1, 0.15) is 42.1 Å². The van der Waals surface area contributed by atoms with Crippen molar-refractivity contribution in [2.75, 3.05) is 31.7 Å². The number of ketones is 1. The standard InChI is InChI=1S/C15H22N2O2S/c1-15(2)6-11-13(12(18)7-15)20-14(16-11)17-5-4-10(8-17)9-19-3/h10H,4-9H2,1-3H3. The zero-order chi connectivity index (χ0) is 14.3. The van der Waals surface area contributed by atoms with E-state index in [0.29, 0.717) is 12.3 Å². The van der Waals surface area contributed by atoms with E-state index in [0.717, 1.165) is 48.2 Å². The summed E-state index contributed by atoms with van der Waals surface area (Å²) in [5.74, 6) is 0.862. The molecule has 3 rings (SSSR count). The molecule has 0 N–H and O–H groups in total. The lowest BCUT2D eigenvalue weighted by atomic mass is 9.78. The number of thiazole rings is 1. The molecule has 0 spiro atoms. The Balaban J connectivity index is 1.79. The highest BCUT2D eigenvalue weighted by Crippen LogP contribution is 2.40. The fraction of sp³-hybridized carbons (Fsp3) is 0.733. The van der Waals surface area contributed by atoms with Gasteiger partial charge in [-0.25, -0.2) is 4.98 Å². The predicted molar refractivity (Wildman–Crippen MR) is 80.7 cm³/mol. The molecule has 1 aromatic rings. The molecule has 1 fully saturated rings. The van der Waals surface area contributed by atoms with Crippen LogP contribution in [0.4, 0.5) is 5.13 Å². The highest BCUT2D eigenvalue weighted by atomic mass is 32.1. The molecule has 1 aliphatic carbocycles. The maximum Gasteiger partial charge on any atom is 0.186 e. The van der Waals surface area contributed by atoms with Gasteiger partial charge in [0, 0.05) is 32.5 Å². The largest absolute Gasteiger partial charge is 0.384 e. The van der Waals surface area contributed by atoms with Crippen molar-refractivity contribution in [3.63, 3.8) is 0 Å². The van der Waals surface area contributed by atoms with E-state index in [1.807, 2.05) is 0 Å². The third-order valence-electron chi connectivity index (χ3n) is 4.18. The molecule has 20 heavy (non-hydrogen) atoms. The summed E-state index contributed by atoms with van der Waals surface area (Å²) in [6.45, 7) is 7.14. The molecule has 5 heteroatoms. The van der Waals surface area contributed by atoms with Crippen molar-refractivity contribution in [3.8, 4) is 0 Å². The number of hydrogen-bond donors (Lipinski definition) is 0. The van der Waals surface area contributed by atoms with Crippen LogP contribution in [0.25, 0.3) is 0 Å². The van der Waals surface area contributed by atoms with Crippen molar-refractivity contribution < 1.29 is 9.53 Å². The van der Waals surface area contributed by atoms with E-state index < -0.39 is 0 Å². The van der Waals surface area contributed by atoms with Gasteiger partial charge in [-0.15, -0.1) is 0 Å². The van der Waals surface area contributed by atoms with E-state index in [9.17, 15) is 4.79 Å². The second kappa shape index (κ2) is 5.11. The molecule has 1 aromatic heterocycles. The molecule has 1 unspecified atom stereocenters. The smallest absolute Gasteiger partial charge is 0.186 e. The second-order valence-electron chi connectivity index (χ2n) is 6.77. The lowest BCUT2D eigenvalue weighted by Crippen LogP contribution is -2.26. The highest BCUT2D eigenvalue weighted by molar-refractivity contribution is 7.17. The Morgan fingerprint density at radius 1 is 1.45 bits per heavy atom. The van der Waals surface area contributed by atoms with E-state index in [2.05, 4.69) is 18.7 Å². The Labute approximate surface area is 124 Å². The molecule has 0 bridgehead atoms. The van der Waals surface area contributed by atoms with Gasteiger partial charge in [-0.05, 0) is 18.3 Å². The van der Waals surface area contributed by atoms with Gasteiger partial charge in [0.15, 0.2) is 10.9 Å². The maximum absolute atomic E-state index is 12.2. The lowest BCUT2D eigenvalue weighted by molar-refractivity contribution is 0.0916. The number of methoxy groups -OCH3 is 1. The van der Waals surface area contributed by atoms with Gasteiger partial charge in [0.05, 0.1) is 17.2 Å². The normalized spacial score (nSPS) is 25.1. The van der Waals surface area contributed by atoms with Crippen molar-refractivity contribution in [2.45, 2.75) is 33.1 Å². The zero-order valence-corrected chi connectivity index (χ0v) is 13.3. The number of carbonyl (C=O) groups is 1. The van der Waals surface area contributed by atoms with Crippen LogP contribution in [-0.2, 0) is 11.2 Å². The van der Waals surface area contributed by atoms with Gasteiger partial charge in [0.25, 0.3) is 0 Å². The summed E-state index contributed by atoms with van der Waals surface area (Å²) in [6.07, 6.45) is 2.71. The Bertz CT molecular complexity index is 524. The fourth-order valence-electron chi connectivity index (χ4n) is 3.22. The molecule has 0 aromatic carbocycles. The molecular formula is C15H22N2O2S. The van der Waals surface area contributed by atoms with Crippen molar-refractivity contribution in [1.82, 2.24) is 4.98 Å². The molecule has 0 amide bonds. The molecule has 1 atom stereocenters. The van der Waals surface area contributed by atoms with E-state index in [-0.39, 0.29) is 11.2 Å². The molecule has 1 aliphatic heterocycles. The molecular weight excluding hydrogens is 272 g/mol. The van der Waals surface area contributed by atoms with Gasteiger partial charge in [0.1, 0.15) is 0 Å². The number of hydrogen-bond acceptors (Lipinski definition) is 5. The molecule has 2 heterocycles. The Morgan fingerprint density at radius 3 is 3.00 bits per heavy atom. The van der Waals surface area contributed by atoms with Crippen LogP contribution in [0, 0.1) is 11.3 Å². The summed E-state index contributed by atoms with van der Waals surface area (Å²) in [6, 6.07) is 0. The number of Topliss-reactive ketones (excluding diaryl/α,β-unsaturated/α-hetero) is 1. The van der Waals surface area contributed by atoms with Crippen LogP contribution in [0.3, 0.4) is 0 Å². The Morgan fingerprint density at radius 2 is 2.25 bits per heavy atom. The van der Waals surface area contributed by atoms with Gasteiger partial charge < -0.3 is 9.64 Å². The highest BCUT2D eigenvalue weighted by Gasteiger charge is 2.35. The number of fused-ring (bicyclic) bond motifs is 1. The summed E-state index contributed by atoms with van der Waals surface area (Å²) in [7, 11) is 1.76. The molecule has 4 nitrogen and oxygen atoms in total. The van der Waals surface area contributed by atoms with Crippen LogP contribution in [-0.4, -0.2) is 37.6 Å². The molecule has 1 saturated heterocycles. The summed E-state index contributed by atoms with van der Waals surface area (Å²) < 4.78 is 5.24. The van der Waals surface area contributed by atoms with E-state index >= 15 is 0 Å². The lowest BCUT2D eigenvalue weighted by Gasteiger charge is -2.26.